The summed E-state index contributed by atoms with van der Waals surface area (Å²) in [5.74, 6) is 0.212. The van der Waals surface area contributed by atoms with Gasteiger partial charge in [0.15, 0.2) is 0 Å². The Morgan fingerprint density at radius 1 is 1.45 bits per heavy atom. The van der Waals surface area contributed by atoms with Crippen molar-refractivity contribution in [2.45, 2.75) is 6.42 Å². The van der Waals surface area contributed by atoms with Gasteiger partial charge >= 0.3 is 0 Å². The maximum Gasteiger partial charge on any atom is 0.258 e. The zero-order valence-electron chi connectivity index (χ0n) is 11.3. The Morgan fingerprint density at radius 3 is 3.05 bits per heavy atom. The molecule has 0 radical (unpaired) electrons. The zero-order chi connectivity index (χ0) is 14.4. The van der Waals surface area contributed by atoms with Crippen molar-refractivity contribution in [1.29, 1.82) is 0 Å². The molecular weight excluding hydrogens is 256 g/mol. The van der Waals surface area contributed by atoms with Crippen LogP contribution in [0.3, 0.4) is 0 Å². The van der Waals surface area contributed by atoms with Crippen molar-refractivity contribution in [3.63, 3.8) is 0 Å². The van der Waals surface area contributed by atoms with Gasteiger partial charge < -0.3 is 15.0 Å². The lowest BCUT2D eigenvalue weighted by molar-refractivity contribution is -0.121. The lowest BCUT2D eigenvalue weighted by Gasteiger charge is -2.20. The average Bonchev–Trinajstić information content (AvgIpc) is 2.69. The highest BCUT2D eigenvalue weighted by Crippen LogP contribution is 2.20. The minimum atomic E-state index is -0.179. The monoisotopic (exact) mass is 274 g/mol. The molecule has 20 heavy (non-hydrogen) atoms. The van der Waals surface area contributed by atoms with Gasteiger partial charge in [-0.15, -0.1) is 0 Å². The van der Waals surface area contributed by atoms with E-state index in [-0.39, 0.29) is 18.4 Å². The first-order valence-electron chi connectivity index (χ1n) is 6.61. The topological polar surface area (TPSA) is 58.6 Å². The molecule has 1 aliphatic rings. The van der Waals surface area contributed by atoms with Crippen LogP contribution in [0.4, 0.5) is 0 Å². The summed E-state index contributed by atoms with van der Waals surface area (Å²) in [5.41, 5.74) is 0.476. The molecular formula is C15H18N2O3. The number of carbonyl (C=O) groups is 2. The third kappa shape index (κ3) is 3.38. The fourth-order valence-electron chi connectivity index (χ4n) is 2.07. The van der Waals surface area contributed by atoms with Crippen LogP contribution in [0.25, 0.3) is 0 Å². The second kappa shape index (κ2) is 6.75. The van der Waals surface area contributed by atoms with Crippen molar-refractivity contribution in [2.75, 3.05) is 26.2 Å². The van der Waals surface area contributed by atoms with E-state index >= 15 is 0 Å². The number of carbonyl (C=O) groups excluding carboxylic acids is 2. The second-order valence-corrected chi connectivity index (χ2v) is 4.53. The molecule has 5 heteroatoms. The van der Waals surface area contributed by atoms with Gasteiger partial charge in [0, 0.05) is 13.1 Å². The van der Waals surface area contributed by atoms with E-state index in [2.05, 4.69) is 11.9 Å². The Balaban J connectivity index is 2.19. The van der Waals surface area contributed by atoms with E-state index < -0.39 is 0 Å². The summed E-state index contributed by atoms with van der Waals surface area (Å²) in [5, 5.41) is 2.75. The molecule has 1 N–H and O–H groups in total. The molecule has 0 spiro atoms. The smallest absolute Gasteiger partial charge is 0.258 e. The molecule has 1 aliphatic heterocycles. The highest BCUT2D eigenvalue weighted by Gasteiger charge is 2.23. The van der Waals surface area contributed by atoms with Crippen molar-refractivity contribution in [1.82, 2.24) is 10.2 Å². The summed E-state index contributed by atoms with van der Waals surface area (Å²) in [6, 6.07) is 7.05. The number of hydrogen-bond donors (Lipinski definition) is 1. The summed E-state index contributed by atoms with van der Waals surface area (Å²) >= 11 is 0. The zero-order valence-corrected chi connectivity index (χ0v) is 11.3. The van der Waals surface area contributed by atoms with Gasteiger partial charge in [-0.1, -0.05) is 24.8 Å². The van der Waals surface area contributed by atoms with Crippen LogP contribution in [0.15, 0.2) is 36.9 Å². The predicted octanol–water partition coefficient (Wildman–Crippen LogP) is 1.21. The lowest BCUT2D eigenvalue weighted by Crippen LogP contribution is -2.37. The molecule has 1 fully saturated rings. The van der Waals surface area contributed by atoms with Crippen LogP contribution < -0.4 is 10.1 Å². The number of hydrogen-bond acceptors (Lipinski definition) is 3. The predicted molar refractivity (Wildman–Crippen MR) is 75.7 cm³/mol. The van der Waals surface area contributed by atoms with Crippen LogP contribution >= 0.6 is 0 Å². The summed E-state index contributed by atoms with van der Waals surface area (Å²) in [6.45, 7) is 5.19. The van der Waals surface area contributed by atoms with Gasteiger partial charge in [-0.25, -0.2) is 0 Å². The molecule has 0 bridgehead atoms. The number of rotatable bonds is 4. The molecule has 106 valence electrons. The van der Waals surface area contributed by atoms with Gasteiger partial charge in [-0.3, -0.25) is 9.59 Å². The Hall–Kier alpha value is -2.30. The summed E-state index contributed by atoms with van der Waals surface area (Å²) in [7, 11) is 0. The minimum absolute atomic E-state index is 0.0919. The standard InChI is InChI=1S/C15H18N2O3/c1-2-10-20-13-7-4-3-6-12(13)15(19)17-9-5-8-16-14(18)11-17/h2-4,6-7H,1,5,8-11H2,(H,16,18). The van der Waals surface area contributed by atoms with Crippen molar-refractivity contribution < 1.29 is 14.3 Å². The number of amides is 2. The fourth-order valence-corrected chi connectivity index (χ4v) is 2.07. The molecule has 0 aromatic heterocycles. The molecule has 2 amide bonds. The molecule has 0 unspecified atom stereocenters. The van der Waals surface area contributed by atoms with Crippen molar-refractivity contribution in [2.24, 2.45) is 0 Å². The summed E-state index contributed by atoms with van der Waals surface area (Å²) in [6.07, 6.45) is 2.38. The number of para-hydroxylation sites is 1. The van der Waals surface area contributed by atoms with Crippen molar-refractivity contribution in [3.8, 4) is 5.75 Å². The van der Waals surface area contributed by atoms with E-state index in [1.807, 2.05) is 6.07 Å². The van der Waals surface area contributed by atoms with Crippen molar-refractivity contribution >= 4 is 11.8 Å². The Morgan fingerprint density at radius 2 is 2.25 bits per heavy atom. The van der Waals surface area contributed by atoms with Crippen LogP contribution in [0.5, 0.6) is 5.75 Å². The first-order valence-corrected chi connectivity index (χ1v) is 6.61. The summed E-state index contributed by atoms with van der Waals surface area (Å²) < 4.78 is 5.49. The molecule has 5 nitrogen and oxygen atoms in total. The first-order chi connectivity index (χ1) is 9.72. The second-order valence-electron chi connectivity index (χ2n) is 4.53. The molecule has 1 heterocycles. The fraction of sp³-hybridized carbons (Fsp3) is 0.333. The van der Waals surface area contributed by atoms with E-state index in [1.54, 1.807) is 29.2 Å². The Labute approximate surface area is 118 Å². The van der Waals surface area contributed by atoms with E-state index in [4.69, 9.17) is 4.74 Å². The van der Waals surface area contributed by atoms with E-state index in [0.717, 1.165) is 6.42 Å². The molecule has 1 saturated heterocycles. The van der Waals surface area contributed by atoms with Crippen LogP contribution in [-0.4, -0.2) is 43.0 Å². The lowest BCUT2D eigenvalue weighted by atomic mass is 10.1. The number of nitrogens with one attached hydrogen (secondary N) is 1. The molecule has 0 saturated carbocycles. The van der Waals surface area contributed by atoms with Gasteiger partial charge in [-0.05, 0) is 18.6 Å². The molecule has 0 atom stereocenters. The van der Waals surface area contributed by atoms with E-state index in [9.17, 15) is 9.59 Å². The maximum atomic E-state index is 12.5. The van der Waals surface area contributed by atoms with E-state index in [1.165, 1.54) is 0 Å². The van der Waals surface area contributed by atoms with Crippen LogP contribution in [0.1, 0.15) is 16.8 Å². The molecule has 1 aromatic rings. The Kier molecular flexibility index (Phi) is 4.76. The average molecular weight is 274 g/mol. The van der Waals surface area contributed by atoms with Gasteiger partial charge in [0.05, 0.1) is 12.1 Å². The molecule has 2 rings (SSSR count). The third-order valence-electron chi connectivity index (χ3n) is 3.02. The van der Waals surface area contributed by atoms with Gasteiger partial charge in [0.2, 0.25) is 5.91 Å². The van der Waals surface area contributed by atoms with Gasteiger partial charge in [0.25, 0.3) is 5.91 Å². The van der Waals surface area contributed by atoms with Gasteiger partial charge in [0.1, 0.15) is 12.4 Å². The maximum absolute atomic E-state index is 12.5. The SMILES string of the molecule is C=CCOc1ccccc1C(=O)N1CCCNC(=O)C1. The number of benzene rings is 1. The van der Waals surface area contributed by atoms with E-state index in [0.29, 0.717) is 31.0 Å². The molecule has 1 aromatic carbocycles. The Bertz CT molecular complexity index is 514. The summed E-state index contributed by atoms with van der Waals surface area (Å²) in [4.78, 5) is 25.6. The largest absolute Gasteiger partial charge is 0.489 e. The first kappa shape index (κ1) is 14.1. The highest BCUT2D eigenvalue weighted by atomic mass is 16.5. The quantitative estimate of drug-likeness (QED) is 0.840. The third-order valence-corrected chi connectivity index (χ3v) is 3.02. The number of ether oxygens (including phenoxy) is 1. The van der Waals surface area contributed by atoms with Crippen molar-refractivity contribution in [3.05, 3.63) is 42.5 Å². The normalized spacial score (nSPS) is 15.2. The van der Waals surface area contributed by atoms with Gasteiger partial charge in [-0.2, -0.15) is 0 Å². The number of nitrogens with zero attached hydrogens (tertiary/aromatic N) is 1. The highest BCUT2D eigenvalue weighted by molar-refractivity contribution is 5.98. The van der Waals surface area contributed by atoms with Crippen LogP contribution in [0.2, 0.25) is 0 Å². The molecule has 0 aliphatic carbocycles. The van der Waals surface area contributed by atoms with Crippen LogP contribution in [-0.2, 0) is 4.79 Å². The van der Waals surface area contributed by atoms with Crippen LogP contribution in [0, 0.1) is 0 Å². The minimum Gasteiger partial charge on any atom is -0.489 e.